The van der Waals surface area contributed by atoms with E-state index in [1.54, 1.807) is 0 Å². The predicted molar refractivity (Wildman–Crippen MR) is 85.1 cm³/mol. The molecule has 1 aliphatic rings. The van der Waals surface area contributed by atoms with Gasteiger partial charge >= 0.3 is 12.1 Å². The summed E-state index contributed by atoms with van der Waals surface area (Å²) in [6, 6.07) is 9.58. The second-order valence-electron chi connectivity index (χ2n) is 5.26. The van der Waals surface area contributed by atoms with Gasteiger partial charge in [0.25, 0.3) is 5.69 Å². The number of cyclic esters (lactones) is 1. The van der Waals surface area contributed by atoms with Crippen LogP contribution in [0.25, 0.3) is 6.08 Å². The number of benzene rings is 2. The quantitative estimate of drug-likeness (QED) is 0.358. The molecule has 0 fully saturated rings. The Morgan fingerprint density at radius 2 is 1.81 bits per heavy atom. The number of ether oxygens (including phenoxy) is 1. The number of aliphatic imine (C=N–C) groups is 1. The Hall–Kier alpha value is -3.49. The molecule has 9 heteroatoms. The summed E-state index contributed by atoms with van der Waals surface area (Å²) in [5.74, 6) is -0.904. The molecule has 2 aromatic rings. The molecule has 0 saturated heterocycles. The molecule has 132 valence electrons. The van der Waals surface area contributed by atoms with Crippen LogP contribution in [0.1, 0.15) is 16.7 Å². The van der Waals surface area contributed by atoms with Gasteiger partial charge in [-0.25, -0.2) is 9.79 Å². The number of nitrogens with zero attached hydrogens (tertiary/aromatic N) is 2. The van der Waals surface area contributed by atoms with E-state index < -0.39 is 22.6 Å². The highest BCUT2D eigenvalue weighted by Gasteiger charge is 2.30. The van der Waals surface area contributed by atoms with Crippen molar-refractivity contribution in [1.82, 2.24) is 0 Å². The molecule has 0 unspecified atom stereocenters. The number of nitro benzene ring substituents is 1. The molecule has 2 aromatic carbocycles. The smallest absolute Gasteiger partial charge is 0.402 e. The highest BCUT2D eigenvalue weighted by atomic mass is 19.4. The summed E-state index contributed by atoms with van der Waals surface area (Å²) >= 11 is 0. The molecule has 0 N–H and O–H groups in total. The Bertz CT molecular complexity index is 947. The summed E-state index contributed by atoms with van der Waals surface area (Å²) in [7, 11) is 0. The fourth-order valence-corrected chi connectivity index (χ4v) is 2.22. The molecule has 6 nitrogen and oxygen atoms in total. The number of hydrogen-bond donors (Lipinski definition) is 0. The lowest BCUT2D eigenvalue weighted by Crippen LogP contribution is -2.05. The van der Waals surface area contributed by atoms with Crippen molar-refractivity contribution in [3.05, 3.63) is 81.0 Å². The van der Waals surface area contributed by atoms with Crippen molar-refractivity contribution >= 4 is 23.6 Å². The molecule has 1 aliphatic heterocycles. The molecule has 0 atom stereocenters. The molecule has 0 spiro atoms. The van der Waals surface area contributed by atoms with Gasteiger partial charge in [-0.05, 0) is 35.9 Å². The van der Waals surface area contributed by atoms with Crippen LogP contribution >= 0.6 is 0 Å². The average Bonchev–Trinajstić information content (AvgIpc) is 2.95. The number of nitro groups is 1. The first-order valence-corrected chi connectivity index (χ1v) is 7.19. The Morgan fingerprint density at radius 1 is 1.12 bits per heavy atom. The normalized spacial score (nSPS) is 15.7. The van der Waals surface area contributed by atoms with Crippen LogP contribution in [0.4, 0.5) is 18.9 Å². The Morgan fingerprint density at radius 3 is 2.42 bits per heavy atom. The van der Waals surface area contributed by atoms with Gasteiger partial charge < -0.3 is 4.74 Å². The summed E-state index contributed by atoms with van der Waals surface area (Å²) in [5, 5.41) is 10.6. The van der Waals surface area contributed by atoms with Gasteiger partial charge in [-0.15, -0.1) is 0 Å². The molecule has 3 rings (SSSR count). The molecule has 0 aliphatic carbocycles. The summed E-state index contributed by atoms with van der Waals surface area (Å²) in [6.07, 6.45) is -3.33. The third-order valence-corrected chi connectivity index (χ3v) is 3.46. The molecular formula is C17H9F3N2O4. The maximum Gasteiger partial charge on any atom is 0.416 e. The average molecular weight is 362 g/mol. The minimum absolute atomic E-state index is 0.0804. The van der Waals surface area contributed by atoms with Gasteiger partial charge in [0.1, 0.15) is 0 Å². The molecule has 0 amide bonds. The van der Waals surface area contributed by atoms with E-state index in [4.69, 9.17) is 4.74 Å². The van der Waals surface area contributed by atoms with Crippen molar-refractivity contribution in [2.45, 2.75) is 6.18 Å². The SMILES string of the molecule is O=C1OC(c2ccc([N+](=O)[O-])cc2)=N/C1=C\c1cccc(C(F)(F)F)c1. The van der Waals surface area contributed by atoms with E-state index in [0.29, 0.717) is 5.56 Å². The number of carbonyl (C=O) groups is 1. The molecule has 1 heterocycles. The molecule has 0 radical (unpaired) electrons. The molecule has 0 aromatic heterocycles. The van der Waals surface area contributed by atoms with Crippen LogP contribution in [0.15, 0.2) is 59.2 Å². The van der Waals surface area contributed by atoms with Crippen LogP contribution in [0.5, 0.6) is 0 Å². The predicted octanol–water partition coefficient (Wildman–Crippen LogP) is 3.96. The van der Waals surface area contributed by atoms with Crippen LogP contribution < -0.4 is 0 Å². The van der Waals surface area contributed by atoms with Gasteiger partial charge in [-0.2, -0.15) is 13.2 Å². The van der Waals surface area contributed by atoms with Crippen LogP contribution in [0, 0.1) is 10.1 Å². The van der Waals surface area contributed by atoms with E-state index in [9.17, 15) is 28.1 Å². The molecule has 26 heavy (non-hydrogen) atoms. The van der Waals surface area contributed by atoms with Gasteiger partial charge in [-0.3, -0.25) is 10.1 Å². The number of alkyl halides is 3. The fourth-order valence-electron chi connectivity index (χ4n) is 2.22. The Balaban J connectivity index is 1.90. The van der Waals surface area contributed by atoms with E-state index in [1.807, 2.05) is 0 Å². The van der Waals surface area contributed by atoms with Crippen molar-refractivity contribution < 1.29 is 27.6 Å². The van der Waals surface area contributed by atoms with Gasteiger partial charge in [0.05, 0.1) is 10.5 Å². The summed E-state index contributed by atoms with van der Waals surface area (Å²) < 4.78 is 43.2. The van der Waals surface area contributed by atoms with E-state index in [0.717, 1.165) is 12.1 Å². The maximum absolute atomic E-state index is 12.7. The first-order chi connectivity index (χ1) is 12.2. The topological polar surface area (TPSA) is 81.8 Å². The number of non-ortho nitro benzene ring substituents is 1. The van der Waals surface area contributed by atoms with Gasteiger partial charge in [-0.1, -0.05) is 12.1 Å². The van der Waals surface area contributed by atoms with Crippen molar-refractivity contribution in [2.24, 2.45) is 4.99 Å². The lowest BCUT2D eigenvalue weighted by molar-refractivity contribution is -0.384. The van der Waals surface area contributed by atoms with Crippen molar-refractivity contribution in [3.8, 4) is 0 Å². The van der Waals surface area contributed by atoms with Crippen LogP contribution in [-0.2, 0) is 15.7 Å². The van der Waals surface area contributed by atoms with E-state index >= 15 is 0 Å². The van der Waals surface area contributed by atoms with Crippen LogP contribution in [-0.4, -0.2) is 16.8 Å². The number of hydrogen-bond acceptors (Lipinski definition) is 5. The number of halogens is 3. The van der Waals surface area contributed by atoms with Crippen molar-refractivity contribution in [3.63, 3.8) is 0 Å². The van der Waals surface area contributed by atoms with Gasteiger partial charge in [0.2, 0.25) is 5.90 Å². The molecule has 0 saturated carbocycles. The number of rotatable bonds is 3. The summed E-state index contributed by atoms with van der Waals surface area (Å²) in [4.78, 5) is 25.9. The minimum atomic E-state index is -4.50. The lowest BCUT2D eigenvalue weighted by atomic mass is 10.1. The zero-order valence-electron chi connectivity index (χ0n) is 12.9. The second-order valence-corrected chi connectivity index (χ2v) is 5.26. The molecule has 0 bridgehead atoms. The van der Waals surface area contributed by atoms with Crippen LogP contribution in [0.3, 0.4) is 0 Å². The third kappa shape index (κ3) is 3.61. The highest BCUT2D eigenvalue weighted by molar-refractivity contribution is 6.12. The molecular weight excluding hydrogens is 353 g/mol. The highest BCUT2D eigenvalue weighted by Crippen LogP contribution is 2.30. The maximum atomic E-state index is 12.7. The van der Waals surface area contributed by atoms with E-state index in [1.165, 1.54) is 42.5 Å². The monoisotopic (exact) mass is 362 g/mol. The van der Waals surface area contributed by atoms with Crippen LogP contribution in [0.2, 0.25) is 0 Å². The van der Waals surface area contributed by atoms with E-state index in [2.05, 4.69) is 4.99 Å². The number of esters is 1. The Labute approximate surface area is 144 Å². The van der Waals surface area contributed by atoms with Crippen molar-refractivity contribution in [1.29, 1.82) is 0 Å². The zero-order chi connectivity index (χ0) is 18.9. The third-order valence-electron chi connectivity index (χ3n) is 3.46. The largest absolute Gasteiger partial charge is 0.416 e. The fraction of sp³-hybridized carbons (Fsp3) is 0.0588. The standard InChI is InChI=1S/C17H9F3N2O4/c18-17(19,20)12-3-1-2-10(8-12)9-14-16(23)26-15(21-14)11-4-6-13(7-5-11)22(24)25/h1-9H/b14-9-. The van der Waals surface area contributed by atoms with Crippen molar-refractivity contribution in [2.75, 3.05) is 0 Å². The minimum Gasteiger partial charge on any atom is -0.402 e. The van der Waals surface area contributed by atoms with E-state index in [-0.39, 0.29) is 22.8 Å². The summed E-state index contributed by atoms with van der Waals surface area (Å²) in [5.41, 5.74) is -0.689. The first-order valence-electron chi connectivity index (χ1n) is 7.19. The zero-order valence-corrected chi connectivity index (χ0v) is 12.9. The van der Waals surface area contributed by atoms with Gasteiger partial charge in [0, 0.05) is 17.7 Å². The van der Waals surface area contributed by atoms with Gasteiger partial charge in [0.15, 0.2) is 5.70 Å². The number of carbonyl (C=O) groups excluding carboxylic acids is 1. The Kier molecular flexibility index (Phi) is 4.29. The lowest BCUT2D eigenvalue weighted by Gasteiger charge is -2.06. The second kappa shape index (κ2) is 6.43. The summed E-state index contributed by atoms with van der Waals surface area (Å²) in [6.45, 7) is 0. The first kappa shape index (κ1) is 17.3.